The van der Waals surface area contributed by atoms with Gasteiger partial charge in [-0.2, -0.15) is 0 Å². The monoisotopic (exact) mass is 315 g/mol. The van der Waals surface area contributed by atoms with Gasteiger partial charge in [-0.1, -0.05) is 6.07 Å². The highest BCUT2D eigenvalue weighted by molar-refractivity contribution is 5.76. The van der Waals surface area contributed by atoms with Crippen LogP contribution in [-0.2, 0) is 11.2 Å². The SMILES string of the molecule is C[C@H](Cc1cccnc1)N1CCC(CCC(=O)NC2CC2)CC1. The van der Waals surface area contributed by atoms with E-state index in [4.69, 9.17) is 0 Å². The number of likely N-dealkylation sites (tertiary alicyclic amines) is 1. The molecule has 4 nitrogen and oxygen atoms in total. The Morgan fingerprint density at radius 1 is 1.35 bits per heavy atom. The molecule has 1 N–H and O–H groups in total. The molecule has 3 rings (SSSR count). The summed E-state index contributed by atoms with van der Waals surface area (Å²) in [5.74, 6) is 0.988. The van der Waals surface area contributed by atoms with Crippen molar-refractivity contribution in [2.75, 3.05) is 13.1 Å². The second kappa shape index (κ2) is 7.91. The van der Waals surface area contributed by atoms with E-state index in [0.717, 1.165) is 31.8 Å². The Hall–Kier alpha value is -1.42. The second-order valence-corrected chi connectivity index (χ2v) is 7.27. The summed E-state index contributed by atoms with van der Waals surface area (Å²) in [6, 6.07) is 5.24. The molecule has 1 aliphatic heterocycles. The number of nitrogens with one attached hydrogen (secondary N) is 1. The number of aromatic nitrogens is 1. The lowest BCUT2D eigenvalue weighted by Crippen LogP contribution is -2.41. The Morgan fingerprint density at radius 2 is 2.13 bits per heavy atom. The van der Waals surface area contributed by atoms with E-state index in [1.165, 1.54) is 31.2 Å². The van der Waals surface area contributed by atoms with E-state index in [2.05, 4.69) is 28.2 Å². The van der Waals surface area contributed by atoms with Gasteiger partial charge < -0.3 is 10.2 Å². The standard InChI is InChI=1S/C19H29N3O/c1-15(13-17-3-2-10-20-14-17)22-11-8-16(9-12-22)4-7-19(23)21-18-5-6-18/h2-3,10,14-16,18H,4-9,11-13H2,1H3,(H,21,23)/t15-/m1/s1. The van der Waals surface area contributed by atoms with Crippen LogP contribution in [0.25, 0.3) is 0 Å². The summed E-state index contributed by atoms with van der Waals surface area (Å²) >= 11 is 0. The Balaban J connectivity index is 1.35. The first-order chi connectivity index (χ1) is 11.2. The van der Waals surface area contributed by atoms with Gasteiger partial charge in [0.2, 0.25) is 5.91 Å². The lowest BCUT2D eigenvalue weighted by molar-refractivity contribution is -0.121. The average molecular weight is 315 g/mol. The summed E-state index contributed by atoms with van der Waals surface area (Å²) in [5, 5.41) is 3.09. The number of hydrogen-bond donors (Lipinski definition) is 1. The predicted molar refractivity (Wildman–Crippen MR) is 92.1 cm³/mol. The Morgan fingerprint density at radius 3 is 2.78 bits per heavy atom. The first kappa shape index (κ1) is 16.4. The number of carbonyl (C=O) groups is 1. The van der Waals surface area contributed by atoms with Crippen molar-refractivity contribution in [2.24, 2.45) is 5.92 Å². The van der Waals surface area contributed by atoms with Crippen LogP contribution >= 0.6 is 0 Å². The minimum Gasteiger partial charge on any atom is -0.353 e. The highest BCUT2D eigenvalue weighted by Gasteiger charge is 2.25. The third-order valence-electron chi connectivity index (χ3n) is 5.25. The zero-order valence-electron chi connectivity index (χ0n) is 14.2. The van der Waals surface area contributed by atoms with Gasteiger partial charge in [0, 0.05) is 30.9 Å². The van der Waals surface area contributed by atoms with E-state index in [0.29, 0.717) is 18.5 Å². The molecule has 1 aromatic rings. The van der Waals surface area contributed by atoms with Crippen molar-refractivity contribution >= 4 is 5.91 Å². The van der Waals surface area contributed by atoms with Crippen LogP contribution in [0, 0.1) is 5.92 Å². The lowest BCUT2D eigenvalue weighted by atomic mass is 9.91. The average Bonchev–Trinajstić information content (AvgIpc) is 3.38. The van der Waals surface area contributed by atoms with Crippen LogP contribution in [0.5, 0.6) is 0 Å². The number of rotatable bonds is 7. The maximum Gasteiger partial charge on any atom is 0.220 e. The van der Waals surface area contributed by atoms with E-state index in [-0.39, 0.29) is 5.91 Å². The van der Waals surface area contributed by atoms with E-state index >= 15 is 0 Å². The molecule has 1 aliphatic carbocycles. The number of hydrogen-bond acceptors (Lipinski definition) is 3. The second-order valence-electron chi connectivity index (χ2n) is 7.27. The van der Waals surface area contributed by atoms with E-state index in [9.17, 15) is 4.79 Å². The highest BCUT2D eigenvalue weighted by atomic mass is 16.1. The summed E-state index contributed by atoms with van der Waals surface area (Å²) in [6.45, 7) is 4.64. The number of piperidine rings is 1. The summed E-state index contributed by atoms with van der Waals surface area (Å²) < 4.78 is 0. The van der Waals surface area contributed by atoms with E-state index < -0.39 is 0 Å². The lowest BCUT2D eigenvalue weighted by Gasteiger charge is -2.36. The molecule has 0 aromatic carbocycles. The fourth-order valence-electron chi connectivity index (χ4n) is 3.53. The van der Waals surface area contributed by atoms with Gasteiger partial charge in [0.15, 0.2) is 0 Å². The molecule has 1 aromatic heterocycles. The molecule has 1 saturated carbocycles. The van der Waals surface area contributed by atoms with Crippen LogP contribution in [0.2, 0.25) is 0 Å². The molecule has 1 saturated heterocycles. The van der Waals surface area contributed by atoms with Crippen LogP contribution < -0.4 is 5.32 Å². The van der Waals surface area contributed by atoms with Gasteiger partial charge in [-0.15, -0.1) is 0 Å². The molecule has 0 unspecified atom stereocenters. The van der Waals surface area contributed by atoms with Crippen molar-refractivity contribution in [3.63, 3.8) is 0 Å². The highest BCUT2D eigenvalue weighted by Crippen LogP contribution is 2.24. The molecule has 4 heteroatoms. The van der Waals surface area contributed by atoms with Crippen LogP contribution in [0.1, 0.15) is 51.0 Å². The summed E-state index contributed by atoms with van der Waals surface area (Å²) in [6.07, 6.45) is 11.5. The first-order valence-corrected chi connectivity index (χ1v) is 9.13. The normalized spacial score (nSPS) is 21.1. The molecule has 1 atom stereocenters. The van der Waals surface area contributed by atoms with Gasteiger partial charge in [-0.25, -0.2) is 0 Å². The fourth-order valence-corrected chi connectivity index (χ4v) is 3.53. The molecule has 0 bridgehead atoms. The van der Waals surface area contributed by atoms with Crippen LogP contribution in [0.15, 0.2) is 24.5 Å². The molecular weight excluding hydrogens is 286 g/mol. The molecule has 1 amide bonds. The topological polar surface area (TPSA) is 45.2 Å². The van der Waals surface area contributed by atoms with Gasteiger partial charge in [0.25, 0.3) is 0 Å². The van der Waals surface area contributed by atoms with Gasteiger partial charge in [0.1, 0.15) is 0 Å². The Kier molecular flexibility index (Phi) is 5.65. The number of carbonyl (C=O) groups excluding carboxylic acids is 1. The molecule has 0 radical (unpaired) electrons. The fraction of sp³-hybridized carbons (Fsp3) is 0.684. The molecule has 2 heterocycles. The molecular formula is C19H29N3O. The number of nitrogens with zero attached hydrogens (tertiary/aromatic N) is 2. The maximum atomic E-state index is 11.8. The molecule has 2 aliphatic rings. The molecule has 2 fully saturated rings. The van der Waals surface area contributed by atoms with Crippen molar-refractivity contribution in [3.8, 4) is 0 Å². The smallest absolute Gasteiger partial charge is 0.220 e. The first-order valence-electron chi connectivity index (χ1n) is 9.13. The van der Waals surface area contributed by atoms with Gasteiger partial charge in [-0.3, -0.25) is 9.78 Å². The Bertz CT molecular complexity index is 493. The zero-order valence-corrected chi connectivity index (χ0v) is 14.2. The summed E-state index contributed by atoms with van der Waals surface area (Å²) in [7, 11) is 0. The predicted octanol–water partition coefficient (Wildman–Crippen LogP) is 2.78. The summed E-state index contributed by atoms with van der Waals surface area (Å²) in [5.41, 5.74) is 1.32. The van der Waals surface area contributed by atoms with Crippen LogP contribution in [0.4, 0.5) is 0 Å². The molecule has 23 heavy (non-hydrogen) atoms. The van der Waals surface area contributed by atoms with Gasteiger partial charge >= 0.3 is 0 Å². The zero-order chi connectivity index (χ0) is 16.1. The van der Waals surface area contributed by atoms with E-state index in [1.807, 2.05) is 18.5 Å². The van der Waals surface area contributed by atoms with Crippen molar-refractivity contribution in [1.29, 1.82) is 0 Å². The van der Waals surface area contributed by atoms with Crippen LogP contribution in [0.3, 0.4) is 0 Å². The largest absolute Gasteiger partial charge is 0.353 e. The minimum absolute atomic E-state index is 0.264. The Labute approximate surface area is 139 Å². The van der Waals surface area contributed by atoms with Gasteiger partial charge in [-0.05, 0) is 76.1 Å². The number of pyridine rings is 1. The summed E-state index contributed by atoms with van der Waals surface area (Å²) in [4.78, 5) is 18.6. The van der Waals surface area contributed by atoms with Crippen molar-refractivity contribution in [1.82, 2.24) is 15.2 Å². The molecule has 0 spiro atoms. The third kappa shape index (κ3) is 5.31. The van der Waals surface area contributed by atoms with Crippen LogP contribution in [-0.4, -0.2) is 41.0 Å². The maximum absolute atomic E-state index is 11.8. The van der Waals surface area contributed by atoms with Crippen molar-refractivity contribution in [2.45, 2.75) is 64.0 Å². The molecule has 126 valence electrons. The third-order valence-corrected chi connectivity index (χ3v) is 5.25. The van der Waals surface area contributed by atoms with Crippen molar-refractivity contribution in [3.05, 3.63) is 30.1 Å². The van der Waals surface area contributed by atoms with Gasteiger partial charge in [0.05, 0.1) is 0 Å². The van der Waals surface area contributed by atoms with Crippen molar-refractivity contribution < 1.29 is 4.79 Å². The quantitative estimate of drug-likeness (QED) is 0.841. The minimum atomic E-state index is 0.264. The number of amides is 1. The van der Waals surface area contributed by atoms with E-state index in [1.54, 1.807) is 0 Å².